The molecule has 0 fully saturated rings. The maximum atomic E-state index is 6.65. The fourth-order valence-electron chi connectivity index (χ4n) is 4.33. The van der Waals surface area contributed by atoms with E-state index in [2.05, 4.69) is 114 Å². The second-order valence-corrected chi connectivity index (χ2v) is 14.7. The topological polar surface area (TPSA) is 27.7 Å². The van der Waals surface area contributed by atoms with Crippen molar-refractivity contribution in [1.82, 2.24) is 0 Å². The Balaban J connectivity index is 2.58. The van der Waals surface area contributed by atoms with Gasteiger partial charge in [0.05, 0.1) is 6.61 Å². The number of hydrogen-bond donors (Lipinski definition) is 0. The van der Waals surface area contributed by atoms with Crippen LogP contribution in [0.5, 0.6) is 11.5 Å². The summed E-state index contributed by atoms with van der Waals surface area (Å²) in [4.78, 5) is 0. The molecule has 0 aromatic heterocycles. The Bertz CT molecular complexity index is 1030. The Kier molecular flexibility index (Phi) is 9.74. The van der Waals surface area contributed by atoms with E-state index in [0.29, 0.717) is 12.5 Å². The third-order valence-corrected chi connectivity index (χ3v) is 7.43. The fraction of sp³-hybridized carbons (Fsp3) is 0.625. The molecular weight excluding hydrogens is 463 g/mol. The molecular formula is C32H51O3P. The number of rotatable bonds is 8. The van der Waals surface area contributed by atoms with Crippen LogP contribution < -0.4 is 9.05 Å². The zero-order chi connectivity index (χ0) is 27.6. The van der Waals surface area contributed by atoms with Gasteiger partial charge in [-0.05, 0) is 71.6 Å². The van der Waals surface area contributed by atoms with Crippen LogP contribution >= 0.6 is 8.60 Å². The predicted octanol–water partition coefficient (Wildman–Crippen LogP) is 10.1. The van der Waals surface area contributed by atoms with Crippen molar-refractivity contribution in [1.29, 1.82) is 0 Å². The van der Waals surface area contributed by atoms with Crippen molar-refractivity contribution in [3.63, 3.8) is 0 Å². The van der Waals surface area contributed by atoms with Crippen LogP contribution in [0.2, 0.25) is 0 Å². The molecule has 2 aromatic carbocycles. The lowest BCUT2D eigenvalue weighted by molar-refractivity contribution is 0.276. The normalized spacial score (nSPS) is 13.8. The van der Waals surface area contributed by atoms with Gasteiger partial charge in [0.15, 0.2) is 0 Å². The summed E-state index contributed by atoms with van der Waals surface area (Å²) in [7, 11) is -1.64. The van der Waals surface area contributed by atoms with Gasteiger partial charge in [-0.15, -0.1) is 0 Å². The Hall–Kier alpha value is -1.57. The average Bonchev–Trinajstić information content (AvgIpc) is 2.68. The van der Waals surface area contributed by atoms with Crippen molar-refractivity contribution in [2.75, 3.05) is 6.61 Å². The summed E-state index contributed by atoms with van der Waals surface area (Å²) < 4.78 is 19.4. The van der Waals surface area contributed by atoms with Gasteiger partial charge in [0.1, 0.15) is 11.5 Å². The molecule has 36 heavy (non-hydrogen) atoms. The lowest BCUT2D eigenvalue weighted by atomic mass is 9.79. The van der Waals surface area contributed by atoms with E-state index in [1.54, 1.807) is 0 Å². The maximum absolute atomic E-state index is 6.65. The van der Waals surface area contributed by atoms with Crippen LogP contribution in [0, 0.1) is 19.8 Å². The molecule has 202 valence electrons. The smallest absolute Gasteiger partial charge is 0.417 e. The minimum absolute atomic E-state index is 0.0564. The molecule has 0 heterocycles. The van der Waals surface area contributed by atoms with Crippen molar-refractivity contribution in [3.05, 3.63) is 57.6 Å². The second kappa shape index (κ2) is 11.4. The summed E-state index contributed by atoms with van der Waals surface area (Å²) in [6.45, 7) is 31.5. The minimum Gasteiger partial charge on any atom is -0.417 e. The van der Waals surface area contributed by atoms with E-state index >= 15 is 0 Å². The summed E-state index contributed by atoms with van der Waals surface area (Å²) in [5, 5.41) is 0. The number of hydrogen-bond acceptors (Lipinski definition) is 3. The SMILES string of the molecule is CCOP(Oc1c(C)cc(CC(C)C)cc1C(C)(C)C)Oc1c(C)cc(C(C)(C)C)cc1C(C)(C)C. The van der Waals surface area contributed by atoms with Gasteiger partial charge >= 0.3 is 8.60 Å². The summed E-state index contributed by atoms with van der Waals surface area (Å²) in [6, 6.07) is 9.12. The Morgan fingerprint density at radius 2 is 1.17 bits per heavy atom. The molecule has 0 spiro atoms. The first kappa shape index (κ1) is 30.7. The van der Waals surface area contributed by atoms with Gasteiger partial charge in [0.25, 0.3) is 0 Å². The molecule has 0 bridgehead atoms. The van der Waals surface area contributed by atoms with E-state index in [1.807, 2.05) is 6.92 Å². The molecule has 4 heteroatoms. The van der Waals surface area contributed by atoms with E-state index < -0.39 is 8.60 Å². The molecule has 0 amide bonds. The largest absolute Gasteiger partial charge is 0.463 e. The molecule has 1 atom stereocenters. The first-order valence-electron chi connectivity index (χ1n) is 13.4. The van der Waals surface area contributed by atoms with Crippen molar-refractivity contribution in [2.24, 2.45) is 5.92 Å². The highest BCUT2D eigenvalue weighted by atomic mass is 31.2. The van der Waals surface area contributed by atoms with Gasteiger partial charge in [0, 0.05) is 11.1 Å². The van der Waals surface area contributed by atoms with Gasteiger partial charge < -0.3 is 9.05 Å². The third-order valence-electron chi connectivity index (χ3n) is 6.30. The first-order chi connectivity index (χ1) is 16.3. The molecule has 0 N–H and O–H groups in total. The fourth-order valence-corrected chi connectivity index (χ4v) is 5.46. The third kappa shape index (κ3) is 7.96. The lowest BCUT2D eigenvalue weighted by Gasteiger charge is -2.31. The van der Waals surface area contributed by atoms with Gasteiger partial charge in [-0.2, -0.15) is 0 Å². The molecule has 0 saturated heterocycles. The first-order valence-corrected chi connectivity index (χ1v) is 14.5. The second-order valence-electron chi connectivity index (χ2n) is 13.6. The summed E-state index contributed by atoms with van der Waals surface area (Å²) >= 11 is 0. The Morgan fingerprint density at radius 3 is 1.58 bits per heavy atom. The van der Waals surface area contributed by atoms with Crippen molar-refractivity contribution in [3.8, 4) is 11.5 Å². The summed E-state index contributed by atoms with van der Waals surface area (Å²) in [5.74, 6) is 2.36. The van der Waals surface area contributed by atoms with E-state index in [9.17, 15) is 0 Å². The van der Waals surface area contributed by atoms with E-state index in [1.165, 1.54) is 22.3 Å². The highest BCUT2D eigenvalue weighted by molar-refractivity contribution is 7.42. The van der Waals surface area contributed by atoms with Crippen LogP contribution in [0.4, 0.5) is 0 Å². The number of aryl methyl sites for hydroxylation is 2. The average molecular weight is 515 g/mol. The summed E-state index contributed by atoms with van der Waals surface area (Å²) in [5.41, 5.74) is 7.19. The molecule has 2 aromatic rings. The quantitative estimate of drug-likeness (QED) is 0.328. The highest BCUT2D eigenvalue weighted by Gasteiger charge is 2.30. The van der Waals surface area contributed by atoms with Crippen molar-refractivity contribution < 1.29 is 13.6 Å². The van der Waals surface area contributed by atoms with Crippen LogP contribution in [0.15, 0.2) is 24.3 Å². The molecule has 0 aliphatic heterocycles. The molecule has 2 rings (SSSR count). The molecule has 1 unspecified atom stereocenters. The van der Waals surface area contributed by atoms with Crippen LogP contribution in [0.3, 0.4) is 0 Å². The standard InChI is InChI=1S/C32H51O3P/c1-15-33-36(34-28-22(4)17-24(16-21(2)3)19-26(28)31(9,10)11)35-29-23(5)18-25(30(6,7)8)20-27(29)32(12,13)14/h17-21H,15-16H2,1-14H3. The molecule has 0 radical (unpaired) electrons. The molecule has 0 aliphatic rings. The van der Waals surface area contributed by atoms with E-state index in [0.717, 1.165) is 29.0 Å². The predicted molar refractivity (Wildman–Crippen MR) is 157 cm³/mol. The minimum atomic E-state index is -1.64. The molecule has 3 nitrogen and oxygen atoms in total. The van der Waals surface area contributed by atoms with E-state index in [-0.39, 0.29) is 16.2 Å². The molecule has 0 aliphatic carbocycles. The lowest BCUT2D eigenvalue weighted by Crippen LogP contribution is -2.19. The van der Waals surface area contributed by atoms with Crippen LogP contribution in [-0.4, -0.2) is 6.61 Å². The Labute approximate surface area is 223 Å². The number of benzene rings is 2. The zero-order valence-electron chi connectivity index (χ0n) is 25.5. The monoisotopic (exact) mass is 514 g/mol. The Morgan fingerprint density at radius 1 is 0.694 bits per heavy atom. The molecule has 0 saturated carbocycles. The highest BCUT2D eigenvalue weighted by Crippen LogP contribution is 2.49. The van der Waals surface area contributed by atoms with Crippen molar-refractivity contribution >= 4 is 8.60 Å². The van der Waals surface area contributed by atoms with Crippen LogP contribution in [-0.2, 0) is 27.2 Å². The van der Waals surface area contributed by atoms with E-state index in [4.69, 9.17) is 13.6 Å². The van der Waals surface area contributed by atoms with Gasteiger partial charge in [-0.1, -0.05) is 100 Å². The van der Waals surface area contributed by atoms with Gasteiger partial charge in [-0.3, -0.25) is 4.52 Å². The van der Waals surface area contributed by atoms with Crippen LogP contribution in [0.1, 0.15) is 116 Å². The summed E-state index contributed by atoms with van der Waals surface area (Å²) in [6.07, 6.45) is 1.05. The maximum Gasteiger partial charge on any atom is 0.463 e. The van der Waals surface area contributed by atoms with Crippen molar-refractivity contribution in [2.45, 2.75) is 120 Å². The zero-order valence-corrected chi connectivity index (χ0v) is 26.4. The van der Waals surface area contributed by atoms with Crippen LogP contribution in [0.25, 0.3) is 0 Å². The van der Waals surface area contributed by atoms with Gasteiger partial charge in [-0.25, -0.2) is 0 Å². The van der Waals surface area contributed by atoms with Gasteiger partial charge in [0.2, 0.25) is 0 Å².